The van der Waals surface area contributed by atoms with Crippen LogP contribution in [0, 0.1) is 11.3 Å². The number of aromatic nitrogens is 1. The number of amides is 1. The van der Waals surface area contributed by atoms with Gasteiger partial charge in [-0.05, 0) is 60.7 Å². The molecular formula is C22H15Cl2N5O4. The summed E-state index contributed by atoms with van der Waals surface area (Å²) in [4.78, 5) is 26.6. The van der Waals surface area contributed by atoms with Gasteiger partial charge >= 0.3 is 12.1 Å². The minimum absolute atomic E-state index is 0.159. The van der Waals surface area contributed by atoms with Crippen LogP contribution in [0.25, 0.3) is 10.9 Å². The zero-order valence-electron chi connectivity index (χ0n) is 16.8. The van der Waals surface area contributed by atoms with E-state index in [4.69, 9.17) is 38.9 Å². The molecule has 0 atom stereocenters. The van der Waals surface area contributed by atoms with Crippen LogP contribution < -0.4 is 15.9 Å². The Morgan fingerprint density at radius 2 is 1.91 bits per heavy atom. The Bertz CT molecular complexity index is 1330. The molecule has 3 N–H and O–H groups in total. The number of benzene rings is 2. The third kappa shape index (κ3) is 5.14. The summed E-state index contributed by atoms with van der Waals surface area (Å²) in [5, 5.41) is 13.9. The molecule has 0 saturated heterocycles. The molecule has 4 rings (SSSR count). The number of pyridine rings is 1. The second-order valence-electron chi connectivity index (χ2n) is 7.12. The van der Waals surface area contributed by atoms with Crippen molar-refractivity contribution in [3.63, 3.8) is 0 Å². The van der Waals surface area contributed by atoms with Crippen molar-refractivity contribution in [1.82, 2.24) is 4.98 Å². The molecule has 2 aromatic carbocycles. The van der Waals surface area contributed by atoms with Gasteiger partial charge in [-0.3, -0.25) is 10.4 Å². The lowest BCUT2D eigenvalue weighted by Gasteiger charge is -2.13. The highest BCUT2D eigenvalue weighted by atomic mass is 35.5. The van der Waals surface area contributed by atoms with Crippen molar-refractivity contribution in [3.8, 4) is 17.6 Å². The number of carbonyl (C=O) groups excluding carboxylic acids is 2. The van der Waals surface area contributed by atoms with Gasteiger partial charge in [0.05, 0.1) is 21.2 Å². The zero-order chi connectivity index (χ0) is 23.5. The fourth-order valence-electron chi connectivity index (χ4n) is 3.18. The van der Waals surface area contributed by atoms with Gasteiger partial charge in [-0.1, -0.05) is 23.2 Å². The topological polar surface area (TPSA) is 140 Å². The summed E-state index contributed by atoms with van der Waals surface area (Å²) in [6, 6.07) is 12.0. The van der Waals surface area contributed by atoms with Crippen molar-refractivity contribution in [2.24, 2.45) is 10.8 Å². The first-order valence-corrected chi connectivity index (χ1v) is 10.4. The molecule has 1 saturated carbocycles. The molecule has 1 aliphatic carbocycles. The highest BCUT2D eigenvalue weighted by Crippen LogP contribution is 2.44. The lowest BCUT2D eigenvalue weighted by Crippen LogP contribution is -2.24. The predicted molar refractivity (Wildman–Crippen MR) is 123 cm³/mol. The van der Waals surface area contributed by atoms with E-state index in [1.54, 1.807) is 6.07 Å². The van der Waals surface area contributed by atoms with Gasteiger partial charge < -0.3 is 15.2 Å². The van der Waals surface area contributed by atoms with Crippen LogP contribution in [-0.4, -0.2) is 22.8 Å². The molecule has 3 aromatic rings. The molecule has 1 heterocycles. The van der Waals surface area contributed by atoms with Crippen LogP contribution >= 0.6 is 23.2 Å². The van der Waals surface area contributed by atoms with Crippen LogP contribution in [0.4, 0.5) is 10.5 Å². The summed E-state index contributed by atoms with van der Waals surface area (Å²) in [5.41, 5.74) is 8.86. The van der Waals surface area contributed by atoms with Crippen molar-refractivity contribution in [2.75, 3.05) is 5.43 Å². The second-order valence-corrected chi connectivity index (χ2v) is 7.93. The SMILES string of the molecule is N#C/C(=N\Nc1cc(Cl)c(Oc2ccc3nccc(C4CC4)c3c2)c(Cl)c1)C(=O)OC(N)=O. The van der Waals surface area contributed by atoms with Gasteiger partial charge in [0.15, 0.2) is 5.75 Å². The maximum absolute atomic E-state index is 11.6. The van der Waals surface area contributed by atoms with Crippen molar-refractivity contribution in [3.05, 3.63) is 58.2 Å². The predicted octanol–water partition coefficient (Wildman–Crippen LogP) is 5.12. The summed E-state index contributed by atoms with van der Waals surface area (Å²) in [6.45, 7) is 0. The van der Waals surface area contributed by atoms with Gasteiger partial charge in [0, 0.05) is 11.6 Å². The minimum atomic E-state index is -1.36. The van der Waals surface area contributed by atoms with Gasteiger partial charge in [-0.25, -0.2) is 9.59 Å². The number of hydrazone groups is 1. The summed E-state index contributed by atoms with van der Waals surface area (Å²) < 4.78 is 10.1. The average Bonchev–Trinajstić information content (AvgIpc) is 3.61. The van der Waals surface area contributed by atoms with Crippen LogP contribution in [0.5, 0.6) is 11.5 Å². The van der Waals surface area contributed by atoms with E-state index in [0.29, 0.717) is 11.7 Å². The Balaban J connectivity index is 1.56. The minimum Gasteiger partial charge on any atom is -0.454 e. The van der Waals surface area contributed by atoms with Crippen LogP contribution in [0.3, 0.4) is 0 Å². The van der Waals surface area contributed by atoms with Gasteiger partial charge in [-0.2, -0.15) is 10.4 Å². The number of primary amides is 1. The van der Waals surface area contributed by atoms with Crippen molar-refractivity contribution >= 4 is 57.6 Å². The van der Waals surface area contributed by atoms with E-state index >= 15 is 0 Å². The van der Waals surface area contributed by atoms with E-state index in [9.17, 15) is 9.59 Å². The van der Waals surface area contributed by atoms with Gasteiger partial charge in [-0.15, -0.1) is 0 Å². The summed E-state index contributed by atoms with van der Waals surface area (Å²) >= 11 is 12.7. The van der Waals surface area contributed by atoms with Crippen molar-refractivity contribution in [2.45, 2.75) is 18.8 Å². The molecule has 1 amide bonds. The smallest absolute Gasteiger partial charge is 0.412 e. The van der Waals surface area contributed by atoms with Crippen molar-refractivity contribution < 1.29 is 19.1 Å². The number of esters is 1. The molecule has 11 heteroatoms. The third-order valence-electron chi connectivity index (χ3n) is 4.77. The Hall–Kier alpha value is -3.87. The number of nitrogens with two attached hydrogens (primary N) is 1. The number of ether oxygens (including phenoxy) is 2. The highest BCUT2D eigenvalue weighted by molar-refractivity contribution is 6.44. The van der Waals surface area contributed by atoms with Gasteiger partial charge in [0.1, 0.15) is 11.8 Å². The number of nitrogens with zero attached hydrogens (tertiary/aromatic N) is 3. The van der Waals surface area contributed by atoms with E-state index in [1.807, 2.05) is 24.4 Å². The molecular weight excluding hydrogens is 469 g/mol. The first-order valence-electron chi connectivity index (χ1n) is 9.66. The Morgan fingerprint density at radius 3 is 2.55 bits per heavy atom. The standard InChI is InChI=1S/C22H15Cl2N5O4/c23-16-7-12(28-29-19(10-25)21(30)33-22(26)31)8-17(24)20(16)32-13-3-4-18-15(9-13)14(5-6-27-18)11-1-2-11/h3-9,11,28H,1-2H2,(H2,26,31)/b29-19+. The normalized spacial score (nSPS) is 13.3. The number of nitriles is 1. The third-order valence-corrected chi connectivity index (χ3v) is 5.33. The number of anilines is 1. The average molecular weight is 484 g/mol. The Kier molecular flexibility index (Phi) is 6.31. The van der Waals surface area contributed by atoms with E-state index < -0.39 is 17.8 Å². The monoisotopic (exact) mass is 483 g/mol. The lowest BCUT2D eigenvalue weighted by atomic mass is 10.1. The van der Waals surface area contributed by atoms with Crippen LogP contribution in [0.1, 0.15) is 24.3 Å². The molecule has 0 spiro atoms. The highest BCUT2D eigenvalue weighted by Gasteiger charge is 2.25. The summed E-state index contributed by atoms with van der Waals surface area (Å²) in [6.07, 6.45) is 2.77. The fraction of sp³-hybridized carbons (Fsp3) is 0.136. The first kappa shape index (κ1) is 22.3. The number of hydrogen-bond acceptors (Lipinski definition) is 8. The maximum atomic E-state index is 11.6. The lowest BCUT2D eigenvalue weighted by molar-refractivity contribution is -0.129. The number of fused-ring (bicyclic) bond motifs is 1. The number of halogens is 2. The second kappa shape index (κ2) is 9.32. The largest absolute Gasteiger partial charge is 0.454 e. The summed E-state index contributed by atoms with van der Waals surface area (Å²) in [5.74, 6) is 0.00650. The number of hydrogen-bond donors (Lipinski definition) is 2. The van der Waals surface area contributed by atoms with Gasteiger partial charge in [0.2, 0.25) is 5.71 Å². The molecule has 166 valence electrons. The van der Waals surface area contributed by atoms with E-state index in [1.165, 1.54) is 23.8 Å². The first-order chi connectivity index (χ1) is 15.9. The van der Waals surface area contributed by atoms with Crippen LogP contribution in [0.15, 0.2) is 47.7 Å². The number of carbonyl (C=O) groups is 2. The number of nitrogens with one attached hydrogen (secondary N) is 1. The molecule has 1 aromatic heterocycles. The van der Waals surface area contributed by atoms with Crippen molar-refractivity contribution in [1.29, 1.82) is 5.26 Å². The van der Waals surface area contributed by atoms with Crippen LogP contribution in [0.2, 0.25) is 10.0 Å². The molecule has 1 fully saturated rings. The summed E-state index contributed by atoms with van der Waals surface area (Å²) in [7, 11) is 0. The van der Waals surface area contributed by atoms with E-state index in [0.717, 1.165) is 23.7 Å². The van der Waals surface area contributed by atoms with Gasteiger partial charge in [0.25, 0.3) is 0 Å². The Morgan fingerprint density at radius 1 is 1.18 bits per heavy atom. The molecule has 0 bridgehead atoms. The molecule has 0 radical (unpaired) electrons. The number of rotatable bonds is 6. The maximum Gasteiger partial charge on any atom is 0.412 e. The molecule has 33 heavy (non-hydrogen) atoms. The van der Waals surface area contributed by atoms with E-state index in [2.05, 4.69) is 20.2 Å². The van der Waals surface area contributed by atoms with Crippen LogP contribution in [-0.2, 0) is 9.53 Å². The fourth-order valence-corrected chi connectivity index (χ4v) is 3.74. The molecule has 9 nitrogen and oxygen atoms in total. The quantitative estimate of drug-likeness (QED) is 0.214. The molecule has 1 aliphatic rings. The molecule has 0 unspecified atom stereocenters. The van der Waals surface area contributed by atoms with E-state index in [-0.39, 0.29) is 21.5 Å². The zero-order valence-corrected chi connectivity index (χ0v) is 18.4. The Labute approximate surface area is 197 Å². The molecule has 0 aliphatic heterocycles.